The maximum absolute atomic E-state index is 12.1. The van der Waals surface area contributed by atoms with E-state index in [1.165, 1.54) is 0 Å². The molecule has 5 nitrogen and oxygen atoms in total. The Balaban J connectivity index is 2.35. The van der Waals surface area contributed by atoms with Gasteiger partial charge in [0.1, 0.15) is 0 Å². The van der Waals surface area contributed by atoms with Gasteiger partial charge in [-0.15, -0.1) is 0 Å². The van der Waals surface area contributed by atoms with Crippen molar-refractivity contribution in [1.29, 1.82) is 0 Å². The number of aromatic nitrogens is 1. The number of carbonyl (C=O) groups is 1. The Kier molecular flexibility index (Phi) is 3.64. The SMILES string of the molecule is Cc1[nH]c2ccccc2c1C(=O)NC(CO)CO. The Morgan fingerprint density at radius 3 is 2.67 bits per heavy atom. The number of H-pyrrole nitrogens is 1. The Labute approximate surface area is 104 Å². The number of benzene rings is 1. The molecule has 1 aromatic heterocycles. The Morgan fingerprint density at radius 1 is 1.33 bits per heavy atom. The molecule has 0 unspecified atom stereocenters. The van der Waals surface area contributed by atoms with Gasteiger partial charge in [0, 0.05) is 16.6 Å². The van der Waals surface area contributed by atoms with Crippen molar-refractivity contribution >= 4 is 16.8 Å². The van der Waals surface area contributed by atoms with Crippen molar-refractivity contribution in [2.45, 2.75) is 13.0 Å². The first-order valence-electron chi connectivity index (χ1n) is 5.77. The van der Waals surface area contributed by atoms with Gasteiger partial charge in [0.15, 0.2) is 0 Å². The minimum Gasteiger partial charge on any atom is -0.394 e. The summed E-state index contributed by atoms with van der Waals surface area (Å²) in [5, 5.41) is 21.4. The van der Waals surface area contributed by atoms with Crippen molar-refractivity contribution in [3.8, 4) is 0 Å². The van der Waals surface area contributed by atoms with E-state index in [1.807, 2.05) is 31.2 Å². The smallest absolute Gasteiger partial charge is 0.254 e. The number of hydrogen-bond acceptors (Lipinski definition) is 3. The predicted molar refractivity (Wildman–Crippen MR) is 68.5 cm³/mol. The maximum atomic E-state index is 12.1. The number of aliphatic hydroxyl groups is 2. The molecule has 0 aliphatic carbocycles. The fraction of sp³-hybridized carbons (Fsp3) is 0.308. The second kappa shape index (κ2) is 5.20. The molecule has 4 N–H and O–H groups in total. The van der Waals surface area contributed by atoms with Gasteiger partial charge >= 0.3 is 0 Å². The fourth-order valence-corrected chi connectivity index (χ4v) is 1.98. The lowest BCUT2D eigenvalue weighted by Crippen LogP contribution is -2.40. The van der Waals surface area contributed by atoms with Crippen LogP contribution < -0.4 is 5.32 Å². The molecule has 0 bridgehead atoms. The molecule has 1 aromatic carbocycles. The van der Waals surface area contributed by atoms with E-state index >= 15 is 0 Å². The normalized spacial score (nSPS) is 11.1. The molecular formula is C13H16N2O3. The van der Waals surface area contributed by atoms with Gasteiger partial charge in [0.25, 0.3) is 5.91 Å². The van der Waals surface area contributed by atoms with Crippen LogP contribution in [0.15, 0.2) is 24.3 Å². The topological polar surface area (TPSA) is 85.4 Å². The molecule has 1 heterocycles. The van der Waals surface area contributed by atoms with Crippen molar-refractivity contribution in [2.75, 3.05) is 13.2 Å². The summed E-state index contributed by atoms with van der Waals surface area (Å²) in [4.78, 5) is 15.2. The zero-order chi connectivity index (χ0) is 13.1. The molecular weight excluding hydrogens is 232 g/mol. The highest BCUT2D eigenvalue weighted by Crippen LogP contribution is 2.21. The molecule has 0 saturated heterocycles. The van der Waals surface area contributed by atoms with Gasteiger partial charge < -0.3 is 20.5 Å². The van der Waals surface area contributed by atoms with E-state index in [1.54, 1.807) is 0 Å². The second-order valence-corrected chi connectivity index (χ2v) is 4.21. The lowest BCUT2D eigenvalue weighted by molar-refractivity contribution is 0.0880. The molecule has 2 rings (SSSR count). The standard InChI is InChI=1S/C13H16N2O3/c1-8-12(13(18)15-9(6-16)7-17)10-4-2-3-5-11(10)14-8/h2-5,9,14,16-17H,6-7H2,1H3,(H,15,18). The van der Waals surface area contributed by atoms with Crippen LogP contribution in [0.3, 0.4) is 0 Å². The highest BCUT2D eigenvalue weighted by Gasteiger charge is 2.18. The molecule has 0 spiro atoms. The van der Waals surface area contributed by atoms with E-state index < -0.39 is 6.04 Å². The first kappa shape index (κ1) is 12.6. The first-order valence-corrected chi connectivity index (χ1v) is 5.77. The summed E-state index contributed by atoms with van der Waals surface area (Å²) < 4.78 is 0. The number of rotatable bonds is 4. The number of hydrogen-bond donors (Lipinski definition) is 4. The largest absolute Gasteiger partial charge is 0.394 e. The highest BCUT2D eigenvalue weighted by atomic mass is 16.3. The molecule has 5 heteroatoms. The quantitative estimate of drug-likeness (QED) is 0.637. The van der Waals surface area contributed by atoms with Crippen LogP contribution in [0, 0.1) is 6.92 Å². The average Bonchev–Trinajstić information content (AvgIpc) is 2.71. The third-order valence-corrected chi connectivity index (χ3v) is 2.90. The summed E-state index contributed by atoms with van der Waals surface area (Å²) in [6.45, 7) is 1.25. The summed E-state index contributed by atoms with van der Waals surface area (Å²) in [5.74, 6) is -0.293. The van der Waals surface area contributed by atoms with Gasteiger partial charge in [-0.3, -0.25) is 4.79 Å². The summed E-state index contributed by atoms with van der Waals surface area (Å²) in [6.07, 6.45) is 0. The van der Waals surface area contributed by atoms with Gasteiger partial charge in [0.05, 0.1) is 24.8 Å². The first-order chi connectivity index (χ1) is 8.67. The number of aliphatic hydroxyl groups excluding tert-OH is 2. The number of carbonyl (C=O) groups excluding carboxylic acids is 1. The minimum atomic E-state index is -0.634. The van der Waals surface area contributed by atoms with E-state index in [2.05, 4.69) is 10.3 Å². The molecule has 18 heavy (non-hydrogen) atoms. The second-order valence-electron chi connectivity index (χ2n) is 4.21. The number of aryl methyl sites for hydroxylation is 1. The maximum Gasteiger partial charge on any atom is 0.254 e. The van der Waals surface area contributed by atoms with Gasteiger partial charge in [-0.05, 0) is 13.0 Å². The lowest BCUT2D eigenvalue weighted by atomic mass is 10.1. The van der Waals surface area contributed by atoms with Crippen LogP contribution in [0.1, 0.15) is 16.1 Å². The van der Waals surface area contributed by atoms with Crippen LogP contribution in [0.25, 0.3) is 10.9 Å². The van der Waals surface area contributed by atoms with Crippen LogP contribution in [0.2, 0.25) is 0 Å². The van der Waals surface area contributed by atoms with Crippen LogP contribution in [-0.4, -0.2) is 40.4 Å². The fourth-order valence-electron chi connectivity index (χ4n) is 1.98. The van der Waals surface area contributed by atoms with E-state index in [0.29, 0.717) is 5.56 Å². The van der Waals surface area contributed by atoms with Crippen LogP contribution in [-0.2, 0) is 0 Å². The van der Waals surface area contributed by atoms with Crippen LogP contribution in [0.4, 0.5) is 0 Å². The van der Waals surface area contributed by atoms with Crippen molar-refractivity contribution in [3.63, 3.8) is 0 Å². The van der Waals surface area contributed by atoms with Crippen LogP contribution >= 0.6 is 0 Å². The predicted octanol–water partition coefficient (Wildman–Crippen LogP) is 0.559. The number of aromatic amines is 1. The van der Waals surface area contributed by atoms with Crippen molar-refractivity contribution < 1.29 is 15.0 Å². The van der Waals surface area contributed by atoms with Gasteiger partial charge in [-0.1, -0.05) is 18.2 Å². The molecule has 0 radical (unpaired) electrons. The molecule has 1 amide bonds. The Morgan fingerprint density at radius 2 is 2.00 bits per heavy atom. The molecule has 0 fully saturated rings. The third-order valence-electron chi connectivity index (χ3n) is 2.90. The molecule has 0 aliphatic rings. The zero-order valence-electron chi connectivity index (χ0n) is 10.1. The number of nitrogens with one attached hydrogen (secondary N) is 2. The summed E-state index contributed by atoms with van der Waals surface area (Å²) in [7, 11) is 0. The summed E-state index contributed by atoms with van der Waals surface area (Å²) in [6, 6.07) is 6.88. The lowest BCUT2D eigenvalue weighted by Gasteiger charge is -2.13. The molecule has 0 aliphatic heterocycles. The molecule has 0 saturated carbocycles. The highest BCUT2D eigenvalue weighted by molar-refractivity contribution is 6.08. The summed E-state index contributed by atoms with van der Waals surface area (Å²) >= 11 is 0. The molecule has 2 aromatic rings. The molecule has 0 atom stereocenters. The minimum absolute atomic E-state index is 0.288. The van der Waals surface area contributed by atoms with E-state index in [9.17, 15) is 4.79 Å². The number of fused-ring (bicyclic) bond motifs is 1. The summed E-state index contributed by atoms with van der Waals surface area (Å²) in [5.41, 5.74) is 2.21. The van der Waals surface area contributed by atoms with Crippen molar-refractivity contribution in [1.82, 2.24) is 10.3 Å². The molecule has 96 valence electrons. The average molecular weight is 248 g/mol. The number of para-hydroxylation sites is 1. The monoisotopic (exact) mass is 248 g/mol. The zero-order valence-corrected chi connectivity index (χ0v) is 10.1. The van der Waals surface area contributed by atoms with E-state index in [4.69, 9.17) is 10.2 Å². The Bertz CT molecular complexity index is 558. The third kappa shape index (κ3) is 2.23. The Hall–Kier alpha value is -1.85. The van der Waals surface area contributed by atoms with Gasteiger partial charge in [-0.25, -0.2) is 0 Å². The van der Waals surface area contributed by atoms with Crippen molar-refractivity contribution in [3.05, 3.63) is 35.5 Å². The number of amides is 1. The van der Waals surface area contributed by atoms with Crippen LogP contribution in [0.5, 0.6) is 0 Å². The van der Waals surface area contributed by atoms with Gasteiger partial charge in [0.2, 0.25) is 0 Å². The van der Waals surface area contributed by atoms with Gasteiger partial charge in [-0.2, -0.15) is 0 Å². The van der Waals surface area contributed by atoms with E-state index in [0.717, 1.165) is 16.6 Å². The van der Waals surface area contributed by atoms with Crippen molar-refractivity contribution in [2.24, 2.45) is 0 Å². The van der Waals surface area contributed by atoms with E-state index in [-0.39, 0.29) is 19.1 Å².